The van der Waals surface area contributed by atoms with Crippen molar-refractivity contribution in [3.8, 4) is 11.4 Å². The standard InChI is InChI=1S/C18H14F3N5O3S/c1-11(27)12-3-2-4-13(9-12)22-16(28)10-30-17-23-24-25-26(17)14-5-7-15(8-6-14)29-18(19,20)21/h2-9H,10H2,1H3,(H,22,28). The molecule has 0 saturated carbocycles. The van der Waals surface area contributed by atoms with Crippen molar-refractivity contribution in [2.24, 2.45) is 0 Å². The third kappa shape index (κ3) is 5.80. The number of rotatable bonds is 7. The molecule has 12 heteroatoms. The number of nitrogens with one attached hydrogen (secondary N) is 1. The average Bonchev–Trinajstić information content (AvgIpc) is 3.14. The van der Waals surface area contributed by atoms with Gasteiger partial charge >= 0.3 is 6.36 Å². The Hall–Kier alpha value is -3.41. The van der Waals surface area contributed by atoms with Crippen molar-refractivity contribution >= 4 is 29.1 Å². The molecular formula is C18H14F3N5O3S. The molecule has 0 unspecified atom stereocenters. The Morgan fingerprint density at radius 2 is 1.90 bits per heavy atom. The first-order valence-electron chi connectivity index (χ1n) is 8.39. The number of amides is 1. The Bertz CT molecular complexity index is 1050. The van der Waals surface area contributed by atoms with Crippen molar-refractivity contribution < 1.29 is 27.5 Å². The van der Waals surface area contributed by atoms with Gasteiger partial charge in [-0.3, -0.25) is 9.59 Å². The minimum absolute atomic E-state index is 0.0278. The largest absolute Gasteiger partial charge is 0.573 e. The van der Waals surface area contributed by atoms with Crippen LogP contribution in [-0.4, -0.2) is 44.0 Å². The van der Waals surface area contributed by atoms with Gasteiger partial charge in [-0.1, -0.05) is 23.9 Å². The fourth-order valence-corrected chi connectivity index (χ4v) is 3.05. The summed E-state index contributed by atoms with van der Waals surface area (Å²) in [6, 6.07) is 11.5. The van der Waals surface area contributed by atoms with E-state index in [1.807, 2.05) is 0 Å². The Kier molecular flexibility index (Phi) is 6.35. The molecule has 0 spiro atoms. The topological polar surface area (TPSA) is 99.0 Å². The molecule has 2 aromatic carbocycles. The zero-order valence-electron chi connectivity index (χ0n) is 15.4. The Balaban J connectivity index is 1.62. The highest BCUT2D eigenvalue weighted by atomic mass is 32.2. The molecule has 0 radical (unpaired) electrons. The first-order chi connectivity index (χ1) is 14.2. The molecule has 0 bridgehead atoms. The lowest BCUT2D eigenvalue weighted by Crippen LogP contribution is -2.17. The van der Waals surface area contributed by atoms with Gasteiger partial charge < -0.3 is 10.1 Å². The third-order valence-electron chi connectivity index (χ3n) is 3.64. The quantitative estimate of drug-likeness (QED) is 0.446. The van der Waals surface area contributed by atoms with E-state index in [9.17, 15) is 22.8 Å². The lowest BCUT2D eigenvalue weighted by Gasteiger charge is -2.09. The maximum Gasteiger partial charge on any atom is 0.573 e. The Labute approximate surface area is 172 Å². The molecule has 3 aromatic rings. The van der Waals surface area contributed by atoms with E-state index < -0.39 is 6.36 Å². The van der Waals surface area contributed by atoms with Crippen LogP contribution >= 0.6 is 11.8 Å². The monoisotopic (exact) mass is 437 g/mol. The summed E-state index contributed by atoms with van der Waals surface area (Å²) in [5.41, 5.74) is 1.35. The number of tetrazole rings is 1. The highest BCUT2D eigenvalue weighted by Crippen LogP contribution is 2.25. The molecule has 30 heavy (non-hydrogen) atoms. The fraction of sp³-hybridized carbons (Fsp3) is 0.167. The van der Waals surface area contributed by atoms with Crippen LogP contribution in [0, 0.1) is 0 Å². The summed E-state index contributed by atoms with van der Waals surface area (Å²) < 4.78 is 41.9. The summed E-state index contributed by atoms with van der Waals surface area (Å²) in [4.78, 5) is 23.6. The van der Waals surface area contributed by atoms with Crippen LogP contribution in [0.4, 0.5) is 18.9 Å². The molecule has 0 aliphatic carbocycles. The van der Waals surface area contributed by atoms with Crippen LogP contribution in [-0.2, 0) is 4.79 Å². The lowest BCUT2D eigenvalue weighted by atomic mass is 10.1. The molecule has 0 aliphatic heterocycles. The van der Waals surface area contributed by atoms with E-state index in [1.165, 1.54) is 23.7 Å². The molecule has 3 rings (SSSR count). The van der Waals surface area contributed by atoms with Crippen LogP contribution < -0.4 is 10.1 Å². The van der Waals surface area contributed by atoms with Crippen molar-refractivity contribution in [2.75, 3.05) is 11.1 Å². The number of carbonyl (C=O) groups is 2. The predicted octanol–water partition coefficient (Wildman–Crippen LogP) is 3.49. The van der Waals surface area contributed by atoms with E-state index >= 15 is 0 Å². The van der Waals surface area contributed by atoms with Crippen LogP contribution in [0.5, 0.6) is 5.75 Å². The van der Waals surface area contributed by atoms with E-state index in [1.54, 1.807) is 24.3 Å². The molecule has 1 amide bonds. The highest BCUT2D eigenvalue weighted by Gasteiger charge is 2.31. The number of alkyl halides is 3. The highest BCUT2D eigenvalue weighted by molar-refractivity contribution is 7.99. The van der Waals surface area contributed by atoms with E-state index in [0.717, 1.165) is 23.9 Å². The van der Waals surface area contributed by atoms with E-state index in [2.05, 4.69) is 25.6 Å². The number of thioether (sulfide) groups is 1. The number of hydrogen-bond donors (Lipinski definition) is 1. The average molecular weight is 437 g/mol. The third-order valence-corrected chi connectivity index (χ3v) is 4.56. The number of ketones is 1. The van der Waals surface area contributed by atoms with Crippen LogP contribution in [0.15, 0.2) is 53.7 Å². The molecule has 8 nitrogen and oxygen atoms in total. The smallest absolute Gasteiger partial charge is 0.406 e. The Morgan fingerprint density at radius 1 is 1.17 bits per heavy atom. The summed E-state index contributed by atoms with van der Waals surface area (Å²) in [5.74, 6) is -0.865. The van der Waals surface area contributed by atoms with Gasteiger partial charge in [0.05, 0.1) is 11.4 Å². The van der Waals surface area contributed by atoms with Crippen LogP contribution in [0.3, 0.4) is 0 Å². The number of halogens is 3. The van der Waals surface area contributed by atoms with Gasteiger partial charge in [0.15, 0.2) is 5.78 Å². The second kappa shape index (κ2) is 8.95. The second-order valence-corrected chi connectivity index (χ2v) is 6.83. The van der Waals surface area contributed by atoms with Gasteiger partial charge in [0.2, 0.25) is 11.1 Å². The molecule has 0 fully saturated rings. The summed E-state index contributed by atoms with van der Waals surface area (Å²) in [7, 11) is 0. The zero-order chi connectivity index (χ0) is 21.7. The van der Waals surface area contributed by atoms with Gasteiger partial charge in [0.25, 0.3) is 0 Å². The van der Waals surface area contributed by atoms with Crippen LogP contribution in [0.1, 0.15) is 17.3 Å². The molecule has 0 saturated heterocycles. The van der Waals surface area contributed by atoms with Crippen molar-refractivity contribution in [2.45, 2.75) is 18.4 Å². The molecular weight excluding hydrogens is 423 g/mol. The van der Waals surface area contributed by atoms with Crippen molar-refractivity contribution in [3.05, 3.63) is 54.1 Å². The van der Waals surface area contributed by atoms with Crippen molar-refractivity contribution in [3.63, 3.8) is 0 Å². The zero-order valence-corrected chi connectivity index (χ0v) is 16.2. The van der Waals surface area contributed by atoms with Crippen LogP contribution in [0.25, 0.3) is 5.69 Å². The maximum atomic E-state index is 12.3. The summed E-state index contributed by atoms with van der Waals surface area (Å²) in [5, 5.41) is 14.1. The lowest BCUT2D eigenvalue weighted by molar-refractivity contribution is -0.274. The first-order valence-corrected chi connectivity index (χ1v) is 9.38. The van der Waals surface area contributed by atoms with Gasteiger partial charge in [0.1, 0.15) is 5.75 Å². The first kappa shape index (κ1) is 21.3. The van der Waals surface area contributed by atoms with Gasteiger partial charge in [-0.25, -0.2) is 0 Å². The predicted molar refractivity (Wildman–Crippen MR) is 102 cm³/mol. The molecule has 1 heterocycles. The molecule has 1 aromatic heterocycles. The number of hydrogen-bond acceptors (Lipinski definition) is 7. The summed E-state index contributed by atoms with van der Waals surface area (Å²) >= 11 is 1.04. The minimum Gasteiger partial charge on any atom is -0.406 e. The normalized spacial score (nSPS) is 11.2. The Morgan fingerprint density at radius 3 is 2.57 bits per heavy atom. The van der Waals surface area contributed by atoms with E-state index in [0.29, 0.717) is 16.9 Å². The van der Waals surface area contributed by atoms with Gasteiger partial charge in [-0.15, -0.1) is 18.3 Å². The molecule has 1 N–H and O–H groups in total. The van der Waals surface area contributed by atoms with Gasteiger partial charge in [-0.05, 0) is 53.7 Å². The SMILES string of the molecule is CC(=O)c1cccc(NC(=O)CSc2nnnn2-c2ccc(OC(F)(F)F)cc2)c1. The fourth-order valence-electron chi connectivity index (χ4n) is 2.36. The van der Waals surface area contributed by atoms with Crippen molar-refractivity contribution in [1.82, 2.24) is 20.2 Å². The number of ether oxygens (including phenoxy) is 1. The summed E-state index contributed by atoms with van der Waals surface area (Å²) in [6.45, 7) is 1.43. The number of benzene rings is 2. The molecule has 0 atom stereocenters. The van der Waals surface area contributed by atoms with Crippen molar-refractivity contribution in [1.29, 1.82) is 0 Å². The van der Waals surface area contributed by atoms with E-state index in [4.69, 9.17) is 0 Å². The molecule has 156 valence electrons. The van der Waals surface area contributed by atoms with Gasteiger partial charge in [-0.2, -0.15) is 4.68 Å². The summed E-state index contributed by atoms with van der Waals surface area (Å²) in [6.07, 6.45) is -4.78. The van der Waals surface area contributed by atoms with Gasteiger partial charge in [0, 0.05) is 11.3 Å². The number of anilines is 1. The van der Waals surface area contributed by atoms with Crippen LogP contribution in [0.2, 0.25) is 0 Å². The minimum atomic E-state index is -4.78. The number of aromatic nitrogens is 4. The second-order valence-electron chi connectivity index (χ2n) is 5.89. The maximum absolute atomic E-state index is 12.3. The molecule has 0 aliphatic rings. The number of Topliss-reactive ketones (excluding diaryl/α,β-unsaturated/α-hetero) is 1. The number of nitrogens with zero attached hydrogens (tertiary/aromatic N) is 4. The van der Waals surface area contributed by atoms with E-state index in [-0.39, 0.29) is 28.3 Å². The number of carbonyl (C=O) groups excluding carboxylic acids is 2.